The molecule has 0 atom stereocenters. The number of nitrogens with one attached hydrogen (secondary N) is 1. The van der Waals surface area contributed by atoms with Crippen molar-refractivity contribution >= 4 is 62.4 Å². The molecule has 7 nitrogen and oxygen atoms in total. The number of carbonyl (C=O) groups is 2. The number of hydrogen-bond acceptors (Lipinski definition) is 5. The van der Waals surface area contributed by atoms with Crippen molar-refractivity contribution in [2.75, 3.05) is 24.4 Å². The maximum absolute atomic E-state index is 12.8. The van der Waals surface area contributed by atoms with Gasteiger partial charge in [-0.3, -0.25) is 9.52 Å². The van der Waals surface area contributed by atoms with Gasteiger partial charge in [-0.15, -0.1) is 0 Å². The van der Waals surface area contributed by atoms with Crippen LogP contribution in [0.3, 0.4) is 0 Å². The Hall–Kier alpha value is -2.00. The molecule has 0 spiro atoms. The minimum absolute atomic E-state index is 0.0605. The van der Waals surface area contributed by atoms with Crippen LogP contribution in [0.2, 0.25) is 15.1 Å². The molecule has 1 saturated heterocycles. The normalized spacial score (nSPS) is 14.2. The quantitative estimate of drug-likeness (QED) is 0.579. The molecular formula is C20H19Cl3N2O5S. The fraction of sp³-hybridized carbons (Fsp3) is 0.300. The second-order valence-corrected chi connectivity index (χ2v) is 9.79. The Bertz CT molecular complexity index is 1100. The predicted molar refractivity (Wildman–Crippen MR) is 119 cm³/mol. The van der Waals surface area contributed by atoms with E-state index in [4.69, 9.17) is 39.5 Å². The van der Waals surface area contributed by atoms with Gasteiger partial charge in [-0.2, -0.15) is 0 Å². The fourth-order valence-corrected chi connectivity index (χ4v) is 5.05. The van der Waals surface area contributed by atoms with Gasteiger partial charge in [-0.25, -0.2) is 13.2 Å². The van der Waals surface area contributed by atoms with E-state index in [-0.39, 0.29) is 37.1 Å². The van der Waals surface area contributed by atoms with Gasteiger partial charge in [0, 0.05) is 18.1 Å². The van der Waals surface area contributed by atoms with E-state index < -0.39 is 22.6 Å². The first-order chi connectivity index (χ1) is 14.7. The Morgan fingerprint density at radius 1 is 0.968 bits per heavy atom. The summed E-state index contributed by atoms with van der Waals surface area (Å²) in [5, 5.41) is 0.311. The summed E-state index contributed by atoms with van der Waals surface area (Å²) in [5.41, 5.74) is -0.00116. The smallest absolute Gasteiger partial charge is 0.338 e. The largest absolute Gasteiger partial charge is 0.452 e. The molecule has 1 heterocycles. The topological polar surface area (TPSA) is 92.8 Å². The van der Waals surface area contributed by atoms with E-state index in [1.165, 1.54) is 30.3 Å². The lowest BCUT2D eigenvalue weighted by Crippen LogP contribution is -2.38. The number of benzene rings is 2. The minimum atomic E-state index is -4.20. The van der Waals surface area contributed by atoms with Crippen LogP contribution in [-0.2, 0) is 19.6 Å². The van der Waals surface area contributed by atoms with Crippen LogP contribution in [0.1, 0.15) is 29.6 Å². The number of anilines is 1. The Labute approximate surface area is 195 Å². The van der Waals surface area contributed by atoms with E-state index in [9.17, 15) is 18.0 Å². The van der Waals surface area contributed by atoms with Gasteiger partial charge < -0.3 is 9.64 Å². The number of amides is 1. The Kier molecular flexibility index (Phi) is 7.69. The number of piperidine rings is 1. The van der Waals surface area contributed by atoms with Crippen molar-refractivity contribution in [2.45, 2.75) is 24.2 Å². The maximum atomic E-state index is 12.8. The molecule has 166 valence electrons. The molecule has 0 radical (unpaired) electrons. The van der Waals surface area contributed by atoms with Gasteiger partial charge in [0.15, 0.2) is 6.61 Å². The van der Waals surface area contributed by atoms with E-state index in [0.717, 1.165) is 25.3 Å². The number of hydrogen-bond donors (Lipinski definition) is 1. The van der Waals surface area contributed by atoms with E-state index in [0.29, 0.717) is 13.1 Å². The van der Waals surface area contributed by atoms with Crippen LogP contribution in [0, 0.1) is 0 Å². The molecule has 2 aromatic rings. The Balaban J connectivity index is 1.75. The van der Waals surface area contributed by atoms with Crippen molar-refractivity contribution in [1.82, 2.24) is 4.90 Å². The average molecular weight is 506 g/mol. The molecule has 2 aromatic carbocycles. The van der Waals surface area contributed by atoms with Crippen LogP contribution in [0.15, 0.2) is 41.3 Å². The third kappa shape index (κ3) is 6.04. The van der Waals surface area contributed by atoms with Crippen molar-refractivity contribution in [3.63, 3.8) is 0 Å². The summed E-state index contributed by atoms with van der Waals surface area (Å²) in [4.78, 5) is 25.9. The maximum Gasteiger partial charge on any atom is 0.338 e. The summed E-state index contributed by atoms with van der Waals surface area (Å²) < 4.78 is 33.0. The highest BCUT2D eigenvalue weighted by Gasteiger charge is 2.23. The van der Waals surface area contributed by atoms with Crippen molar-refractivity contribution in [2.24, 2.45) is 0 Å². The zero-order valence-corrected chi connectivity index (χ0v) is 19.3. The molecule has 1 aliphatic heterocycles. The summed E-state index contributed by atoms with van der Waals surface area (Å²) in [6.07, 6.45) is 2.91. The number of ether oxygens (including phenoxy) is 1. The lowest BCUT2D eigenvalue weighted by molar-refractivity contribution is -0.135. The standard InChI is InChI=1S/C20H19Cl3N2O5S/c21-14-5-7-15(22)17(11-14)24-31(28,29)18-10-13(4-6-16(18)23)20(27)30-12-19(26)25-8-2-1-3-9-25/h4-7,10-11,24H,1-3,8-9,12H2. The number of likely N-dealkylation sites (tertiary alicyclic amines) is 1. The zero-order valence-electron chi connectivity index (χ0n) is 16.2. The van der Waals surface area contributed by atoms with Gasteiger partial charge in [-0.05, 0) is 55.7 Å². The molecule has 0 bridgehead atoms. The van der Waals surface area contributed by atoms with E-state index in [1.54, 1.807) is 4.90 Å². The van der Waals surface area contributed by atoms with E-state index in [2.05, 4.69) is 4.72 Å². The van der Waals surface area contributed by atoms with Crippen LogP contribution >= 0.6 is 34.8 Å². The lowest BCUT2D eigenvalue weighted by Gasteiger charge is -2.26. The highest BCUT2D eigenvalue weighted by atomic mass is 35.5. The van der Waals surface area contributed by atoms with Crippen LogP contribution in [-0.4, -0.2) is 44.9 Å². The van der Waals surface area contributed by atoms with Crippen molar-refractivity contribution in [1.29, 1.82) is 0 Å². The summed E-state index contributed by atoms with van der Waals surface area (Å²) >= 11 is 18.0. The first kappa shape index (κ1) is 23.7. The number of rotatable bonds is 6. The van der Waals surface area contributed by atoms with Gasteiger partial charge in [0.2, 0.25) is 0 Å². The molecule has 3 rings (SSSR count). The highest BCUT2D eigenvalue weighted by molar-refractivity contribution is 7.92. The predicted octanol–water partition coefficient (Wildman–Crippen LogP) is 4.62. The molecule has 0 aromatic heterocycles. The Morgan fingerprint density at radius 2 is 1.65 bits per heavy atom. The number of sulfonamides is 1. The van der Waals surface area contributed by atoms with Gasteiger partial charge >= 0.3 is 5.97 Å². The van der Waals surface area contributed by atoms with E-state index in [1.807, 2.05) is 0 Å². The molecule has 0 aliphatic carbocycles. The molecule has 11 heteroatoms. The van der Waals surface area contributed by atoms with Crippen LogP contribution in [0.5, 0.6) is 0 Å². The first-order valence-electron chi connectivity index (χ1n) is 9.40. The summed E-state index contributed by atoms with van der Waals surface area (Å²) in [6.45, 7) is 0.856. The second-order valence-electron chi connectivity index (χ2n) is 6.89. The molecule has 1 amide bonds. The third-order valence-corrected chi connectivity index (χ3v) is 7.08. The second kappa shape index (κ2) is 10.1. The molecule has 1 N–H and O–H groups in total. The third-order valence-electron chi connectivity index (χ3n) is 4.66. The molecule has 1 aliphatic rings. The SMILES string of the molecule is O=C(OCC(=O)N1CCCCC1)c1ccc(Cl)c(S(=O)(=O)Nc2cc(Cl)ccc2Cl)c1. The van der Waals surface area contributed by atoms with Crippen LogP contribution in [0.25, 0.3) is 0 Å². The molecule has 0 unspecified atom stereocenters. The Morgan fingerprint density at radius 3 is 2.35 bits per heavy atom. The monoisotopic (exact) mass is 504 g/mol. The molecule has 31 heavy (non-hydrogen) atoms. The van der Waals surface area contributed by atoms with Gasteiger partial charge in [0.1, 0.15) is 4.90 Å². The zero-order chi connectivity index (χ0) is 22.6. The molecular weight excluding hydrogens is 487 g/mol. The van der Waals surface area contributed by atoms with Crippen LogP contribution < -0.4 is 4.72 Å². The van der Waals surface area contributed by atoms with Crippen molar-refractivity contribution in [3.05, 3.63) is 57.0 Å². The first-order valence-corrected chi connectivity index (χ1v) is 12.0. The van der Waals surface area contributed by atoms with Crippen LogP contribution in [0.4, 0.5) is 5.69 Å². The minimum Gasteiger partial charge on any atom is -0.452 e. The summed E-state index contributed by atoms with van der Waals surface area (Å²) in [7, 11) is -4.20. The number of nitrogens with zero attached hydrogens (tertiary/aromatic N) is 1. The number of esters is 1. The van der Waals surface area contributed by atoms with Crippen molar-refractivity contribution < 1.29 is 22.7 Å². The van der Waals surface area contributed by atoms with Gasteiger partial charge in [0.25, 0.3) is 15.9 Å². The number of halogens is 3. The average Bonchev–Trinajstić information content (AvgIpc) is 2.75. The molecule has 1 fully saturated rings. The highest BCUT2D eigenvalue weighted by Crippen LogP contribution is 2.30. The molecule has 0 saturated carbocycles. The summed E-state index contributed by atoms with van der Waals surface area (Å²) in [5.74, 6) is -1.12. The van der Waals surface area contributed by atoms with Crippen molar-refractivity contribution in [3.8, 4) is 0 Å². The number of carbonyl (C=O) groups excluding carboxylic acids is 2. The van der Waals surface area contributed by atoms with Gasteiger partial charge in [-0.1, -0.05) is 34.8 Å². The van der Waals surface area contributed by atoms with Gasteiger partial charge in [0.05, 0.1) is 21.3 Å². The lowest BCUT2D eigenvalue weighted by atomic mass is 10.1. The fourth-order valence-electron chi connectivity index (χ4n) is 3.06. The van der Waals surface area contributed by atoms with E-state index >= 15 is 0 Å². The summed E-state index contributed by atoms with van der Waals surface area (Å²) in [6, 6.07) is 7.96.